The molecule has 0 amide bonds. The normalized spacial score (nSPS) is 15.4. The molecule has 0 unspecified atom stereocenters. The maximum Gasteiger partial charge on any atom is 0.313 e. The Kier molecular flexibility index (Phi) is 4.01. The second-order valence-corrected chi connectivity index (χ2v) is 7.09. The number of fused-ring (bicyclic) bond motifs is 1. The van der Waals surface area contributed by atoms with Crippen molar-refractivity contribution in [1.29, 1.82) is 5.26 Å². The van der Waals surface area contributed by atoms with Crippen molar-refractivity contribution in [3.63, 3.8) is 0 Å². The molecular weight excluding hydrogens is 373 g/mol. The number of alkyl halides is 2. The van der Waals surface area contributed by atoms with Gasteiger partial charge < -0.3 is 4.74 Å². The summed E-state index contributed by atoms with van der Waals surface area (Å²) in [5.41, 5.74) is -1.17. The van der Waals surface area contributed by atoms with Crippen molar-refractivity contribution in [3.05, 3.63) is 52.8 Å². The summed E-state index contributed by atoms with van der Waals surface area (Å²) in [7, 11) is -4.43. The lowest BCUT2D eigenvalue weighted by molar-refractivity contribution is 0.0165. The fourth-order valence-electron chi connectivity index (χ4n) is 2.66. The number of nitrogens with zero attached hydrogens (tertiary/aromatic N) is 1. The van der Waals surface area contributed by atoms with Crippen LogP contribution in [0.4, 0.5) is 13.2 Å². The number of ketones is 1. The van der Waals surface area contributed by atoms with E-state index in [1.165, 1.54) is 0 Å². The molecule has 0 fully saturated rings. The van der Waals surface area contributed by atoms with Gasteiger partial charge in [-0.1, -0.05) is 0 Å². The topological polar surface area (TPSA) is 110 Å². The molecule has 1 aliphatic rings. The maximum atomic E-state index is 13.9. The molecule has 0 atom stereocenters. The van der Waals surface area contributed by atoms with Crippen LogP contribution in [0.5, 0.6) is 11.5 Å². The van der Waals surface area contributed by atoms with Crippen molar-refractivity contribution in [2.75, 3.05) is 0 Å². The highest BCUT2D eigenvalue weighted by Crippen LogP contribution is 2.43. The Balaban J connectivity index is 2.16. The largest absolute Gasteiger partial charge is 0.457 e. The molecule has 0 spiro atoms. The summed E-state index contributed by atoms with van der Waals surface area (Å²) < 4.78 is 69.8. The molecule has 0 bridgehead atoms. The predicted molar refractivity (Wildman–Crippen MR) is 82.0 cm³/mol. The molecule has 0 aromatic heterocycles. The average Bonchev–Trinajstić information content (AvgIpc) is 2.77. The third-order valence-electron chi connectivity index (χ3n) is 3.72. The number of primary sulfonamides is 1. The molecule has 0 heterocycles. The molecule has 0 radical (unpaired) electrons. The van der Waals surface area contributed by atoms with Crippen molar-refractivity contribution in [1.82, 2.24) is 0 Å². The Morgan fingerprint density at radius 3 is 2.54 bits per heavy atom. The standard InChI is InChI=1S/C16H9F3N2O4S/c17-9-3-8(7-20)4-10(5-9)25-12-1-2-13(26(21,23)24)14-11(12)6-16(18,19)15(14)22/h1-5H,6H2,(H2,21,23,24). The van der Waals surface area contributed by atoms with Gasteiger partial charge >= 0.3 is 5.92 Å². The minimum Gasteiger partial charge on any atom is -0.457 e. The molecule has 10 heteroatoms. The molecule has 3 rings (SSSR count). The van der Waals surface area contributed by atoms with E-state index >= 15 is 0 Å². The third kappa shape index (κ3) is 3.02. The van der Waals surface area contributed by atoms with Crippen molar-refractivity contribution >= 4 is 15.8 Å². The second kappa shape index (κ2) is 5.82. The lowest BCUT2D eigenvalue weighted by atomic mass is 10.1. The Morgan fingerprint density at radius 2 is 1.92 bits per heavy atom. The van der Waals surface area contributed by atoms with Gasteiger partial charge in [-0.25, -0.2) is 17.9 Å². The minimum absolute atomic E-state index is 0.0702. The van der Waals surface area contributed by atoms with Crippen LogP contribution in [0.1, 0.15) is 21.5 Å². The Bertz CT molecular complexity index is 1090. The van der Waals surface area contributed by atoms with E-state index in [-0.39, 0.29) is 22.6 Å². The van der Waals surface area contributed by atoms with Crippen molar-refractivity contribution in [2.45, 2.75) is 17.2 Å². The summed E-state index contributed by atoms with van der Waals surface area (Å²) in [4.78, 5) is 11.2. The average molecular weight is 382 g/mol. The van der Waals surface area contributed by atoms with E-state index in [1.807, 2.05) is 0 Å². The van der Waals surface area contributed by atoms with Crippen LogP contribution in [0.3, 0.4) is 0 Å². The zero-order valence-corrected chi connectivity index (χ0v) is 13.6. The molecule has 0 saturated heterocycles. The van der Waals surface area contributed by atoms with Crippen LogP contribution in [-0.4, -0.2) is 20.1 Å². The summed E-state index contributed by atoms with van der Waals surface area (Å²) in [5, 5.41) is 13.8. The van der Waals surface area contributed by atoms with Crippen LogP contribution in [-0.2, 0) is 16.4 Å². The van der Waals surface area contributed by atoms with Gasteiger partial charge in [-0.2, -0.15) is 14.0 Å². The Labute approximate surface area is 145 Å². The number of hydrogen-bond acceptors (Lipinski definition) is 5. The van der Waals surface area contributed by atoms with Crippen LogP contribution in [0.15, 0.2) is 35.2 Å². The van der Waals surface area contributed by atoms with Gasteiger partial charge in [0.05, 0.1) is 22.1 Å². The fraction of sp³-hybridized carbons (Fsp3) is 0.125. The van der Waals surface area contributed by atoms with Gasteiger partial charge in [-0.3, -0.25) is 4.79 Å². The van der Waals surface area contributed by atoms with Crippen LogP contribution in [0, 0.1) is 17.1 Å². The van der Waals surface area contributed by atoms with Crippen molar-refractivity contribution < 1.29 is 31.1 Å². The van der Waals surface area contributed by atoms with Gasteiger partial charge in [0.25, 0.3) is 0 Å². The first-order valence-corrected chi connectivity index (χ1v) is 8.57. The molecule has 0 saturated carbocycles. The number of Topliss-reactive ketones (excluding diaryl/α,β-unsaturated/α-hetero) is 1. The molecule has 2 N–H and O–H groups in total. The maximum absolute atomic E-state index is 13.9. The highest BCUT2D eigenvalue weighted by Gasteiger charge is 2.50. The smallest absolute Gasteiger partial charge is 0.313 e. The SMILES string of the molecule is N#Cc1cc(F)cc(Oc2ccc(S(N)(=O)=O)c3c2CC(F)(F)C3=O)c1. The highest BCUT2D eigenvalue weighted by molar-refractivity contribution is 7.89. The molecule has 6 nitrogen and oxygen atoms in total. The summed E-state index contributed by atoms with van der Waals surface area (Å²) in [6.45, 7) is 0. The van der Waals surface area contributed by atoms with E-state index in [1.54, 1.807) is 6.07 Å². The molecule has 26 heavy (non-hydrogen) atoms. The number of nitrogens with two attached hydrogens (primary N) is 1. The highest BCUT2D eigenvalue weighted by atomic mass is 32.2. The number of rotatable bonds is 3. The lowest BCUT2D eigenvalue weighted by Crippen LogP contribution is -2.25. The van der Waals surface area contributed by atoms with E-state index in [2.05, 4.69) is 0 Å². The summed E-state index contributed by atoms with van der Waals surface area (Å²) in [6.07, 6.45) is -1.08. The fourth-order valence-corrected chi connectivity index (χ4v) is 3.42. The monoisotopic (exact) mass is 382 g/mol. The van der Waals surface area contributed by atoms with Crippen LogP contribution in [0.25, 0.3) is 0 Å². The third-order valence-corrected chi connectivity index (χ3v) is 4.68. The van der Waals surface area contributed by atoms with E-state index in [0.29, 0.717) is 0 Å². The van der Waals surface area contributed by atoms with Crippen LogP contribution >= 0.6 is 0 Å². The second-order valence-electron chi connectivity index (χ2n) is 5.56. The van der Waals surface area contributed by atoms with Crippen molar-refractivity contribution in [3.8, 4) is 17.6 Å². The summed E-state index contributed by atoms with van der Waals surface area (Å²) >= 11 is 0. The number of halogens is 3. The van der Waals surface area contributed by atoms with Crippen molar-refractivity contribution in [2.24, 2.45) is 5.14 Å². The molecule has 134 valence electrons. The Hall–Kier alpha value is -2.90. The molecular formula is C16H9F3N2O4S. The Morgan fingerprint density at radius 1 is 1.23 bits per heavy atom. The summed E-state index contributed by atoms with van der Waals surface area (Å²) in [6, 6.07) is 6.64. The summed E-state index contributed by atoms with van der Waals surface area (Å²) in [5.74, 6) is -6.72. The number of ether oxygens (including phenoxy) is 1. The first-order valence-electron chi connectivity index (χ1n) is 7.03. The quantitative estimate of drug-likeness (QED) is 0.877. The number of carbonyl (C=O) groups excluding carboxylic acids is 1. The molecule has 1 aliphatic carbocycles. The minimum atomic E-state index is -4.43. The van der Waals surface area contributed by atoms with E-state index in [9.17, 15) is 26.4 Å². The van der Waals surface area contributed by atoms with E-state index < -0.39 is 44.4 Å². The van der Waals surface area contributed by atoms with Gasteiger partial charge in [0.15, 0.2) is 0 Å². The predicted octanol–water partition coefficient (Wildman–Crippen LogP) is 2.51. The number of nitriles is 1. The van der Waals surface area contributed by atoms with Gasteiger partial charge in [0, 0.05) is 18.1 Å². The molecule has 2 aromatic rings. The van der Waals surface area contributed by atoms with Gasteiger partial charge in [0.2, 0.25) is 15.8 Å². The van der Waals surface area contributed by atoms with Gasteiger partial charge in [-0.15, -0.1) is 0 Å². The van der Waals surface area contributed by atoms with E-state index in [4.69, 9.17) is 15.1 Å². The zero-order chi connectivity index (χ0) is 19.3. The van der Waals surface area contributed by atoms with E-state index in [0.717, 1.165) is 30.3 Å². The van der Waals surface area contributed by atoms with Gasteiger partial charge in [0.1, 0.15) is 17.3 Å². The number of sulfonamides is 1. The number of benzene rings is 2. The molecule has 0 aliphatic heterocycles. The zero-order valence-electron chi connectivity index (χ0n) is 12.8. The molecule has 2 aromatic carbocycles. The first-order chi connectivity index (χ1) is 12.0. The lowest BCUT2D eigenvalue weighted by Gasteiger charge is -2.12. The van der Waals surface area contributed by atoms with Gasteiger partial charge in [-0.05, 0) is 24.3 Å². The van der Waals surface area contributed by atoms with Crippen LogP contribution in [0.2, 0.25) is 0 Å². The number of carbonyl (C=O) groups is 1. The first kappa shape index (κ1) is 17.9. The van der Waals surface area contributed by atoms with Crippen LogP contribution < -0.4 is 9.88 Å². The number of hydrogen-bond donors (Lipinski definition) is 1.